The molecule has 6 heteroatoms. The van der Waals surface area contributed by atoms with E-state index in [0.717, 1.165) is 5.56 Å². The summed E-state index contributed by atoms with van der Waals surface area (Å²) in [6.07, 6.45) is 0. The molecule has 0 unspecified atom stereocenters. The van der Waals surface area contributed by atoms with Crippen molar-refractivity contribution in [3.05, 3.63) is 46.5 Å². The standard InChI is InChI=1S/C16H10Cl2N2O2/c17-5-6-19-11-7-10(18)14-13-12(11)15(21)8-3-1-2-4-9(8)16(13)22-20-14/h1-4,7,19H,5-6H2. The summed E-state index contributed by atoms with van der Waals surface area (Å²) in [6.45, 7) is 0.534. The van der Waals surface area contributed by atoms with E-state index in [2.05, 4.69) is 10.5 Å². The van der Waals surface area contributed by atoms with Crippen molar-refractivity contribution in [3.63, 3.8) is 0 Å². The number of anilines is 1. The van der Waals surface area contributed by atoms with Crippen LogP contribution in [-0.2, 0) is 0 Å². The van der Waals surface area contributed by atoms with Gasteiger partial charge in [0.05, 0.1) is 16.0 Å². The fraction of sp³-hybridized carbons (Fsp3) is 0.125. The summed E-state index contributed by atoms with van der Waals surface area (Å²) >= 11 is 12.0. The first-order chi connectivity index (χ1) is 10.7. The molecule has 0 aliphatic heterocycles. The van der Waals surface area contributed by atoms with Crippen molar-refractivity contribution < 1.29 is 9.32 Å². The number of hydrogen-bond donors (Lipinski definition) is 1. The van der Waals surface area contributed by atoms with Crippen LogP contribution in [0, 0.1) is 0 Å². The van der Waals surface area contributed by atoms with Gasteiger partial charge in [-0.1, -0.05) is 41.0 Å². The molecule has 110 valence electrons. The first-order valence-electron chi connectivity index (χ1n) is 6.78. The van der Waals surface area contributed by atoms with Gasteiger partial charge in [-0.15, -0.1) is 11.6 Å². The molecule has 0 saturated carbocycles. The molecule has 1 aliphatic carbocycles. The zero-order valence-corrected chi connectivity index (χ0v) is 12.8. The number of nitrogens with one attached hydrogen (secondary N) is 1. The molecule has 1 aliphatic rings. The van der Waals surface area contributed by atoms with Gasteiger partial charge in [0, 0.05) is 29.2 Å². The molecule has 1 aromatic heterocycles. The average molecular weight is 333 g/mol. The van der Waals surface area contributed by atoms with Crippen molar-refractivity contribution in [2.45, 2.75) is 0 Å². The van der Waals surface area contributed by atoms with Crippen LogP contribution in [-0.4, -0.2) is 23.4 Å². The third-order valence-electron chi connectivity index (χ3n) is 3.76. The molecule has 4 nitrogen and oxygen atoms in total. The summed E-state index contributed by atoms with van der Waals surface area (Å²) in [5, 5.41) is 8.29. The Labute approximate surface area is 136 Å². The molecule has 0 amide bonds. The Balaban J connectivity index is 2.09. The Morgan fingerprint density at radius 2 is 2.00 bits per heavy atom. The van der Waals surface area contributed by atoms with Crippen LogP contribution in [0.2, 0.25) is 5.02 Å². The van der Waals surface area contributed by atoms with Crippen LogP contribution in [0.1, 0.15) is 15.9 Å². The third kappa shape index (κ3) is 1.77. The SMILES string of the molecule is O=C1c2ccccc2-c2onc3c(Cl)cc(NCCCl)c1c23. The molecular formula is C16H10Cl2N2O2. The number of carbonyl (C=O) groups is 1. The van der Waals surface area contributed by atoms with Crippen molar-refractivity contribution >= 4 is 45.6 Å². The predicted molar refractivity (Wildman–Crippen MR) is 87.1 cm³/mol. The summed E-state index contributed by atoms with van der Waals surface area (Å²) in [6, 6.07) is 9.03. The lowest BCUT2D eigenvalue weighted by Crippen LogP contribution is -2.13. The molecular weight excluding hydrogens is 323 g/mol. The molecule has 0 spiro atoms. The smallest absolute Gasteiger partial charge is 0.196 e. The highest BCUT2D eigenvalue weighted by atomic mass is 35.5. The molecule has 2 aromatic carbocycles. The highest BCUT2D eigenvalue weighted by Gasteiger charge is 2.32. The lowest BCUT2D eigenvalue weighted by atomic mass is 9.87. The van der Waals surface area contributed by atoms with Crippen LogP contribution in [0.25, 0.3) is 22.2 Å². The van der Waals surface area contributed by atoms with Crippen LogP contribution in [0.5, 0.6) is 0 Å². The second-order valence-electron chi connectivity index (χ2n) is 5.01. The zero-order valence-electron chi connectivity index (χ0n) is 11.3. The lowest BCUT2D eigenvalue weighted by Gasteiger charge is -2.18. The summed E-state index contributed by atoms with van der Waals surface area (Å²) in [5.74, 6) is 0.942. The number of hydrogen-bond acceptors (Lipinski definition) is 4. The highest BCUT2D eigenvalue weighted by molar-refractivity contribution is 6.38. The van der Waals surface area contributed by atoms with Crippen molar-refractivity contribution in [1.29, 1.82) is 0 Å². The number of aromatic nitrogens is 1. The number of ketones is 1. The number of benzene rings is 2. The summed E-state index contributed by atoms with van der Waals surface area (Å²) in [7, 11) is 0. The van der Waals surface area contributed by atoms with Gasteiger partial charge in [0.25, 0.3) is 0 Å². The second-order valence-corrected chi connectivity index (χ2v) is 5.79. The van der Waals surface area contributed by atoms with Gasteiger partial charge in [-0.2, -0.15) is 0 Å². The topological polar surface area (TPSA) is 55.1 Å². The third-order valence-corrected chi connectivity index (χ3v) is 4.24. The number of alkyl halides is 1. The van der Waals surface area contributed by atoms with E-state index >= 15 is 0 Å². The first kappa shape index (κ1) is 13.6. The Bertz CT molecular complexity index is 918. The normalized spacial score (nSPS) is 12.5. The molecule has 1 N–H and O–H groups in total. The molecule has 0 saturated heterocycles. The van der Waals surface area contributed by atoms with E-state index < -0.39 is 0 Å². The van der Waals surface area contributed by atoms with Gasteiger partial charge in [0.15, 0.2) is 11.5 Å². The Hall–Kier alpha value is -2.04. The fourth-order valence-corrected chi connectivity index (χ4v) is 3.17. The molecule has 0 fully saturated rings. The van der Waals surface area contributed by atoms with Crippen LogP contribution in [0.3, 0.4) is 0 Å². The monoisotopic (exact) mass is 332 g/mol. The van der Waals surface area contributed by atoms with Gasteiger partial charge < -0.3 is 9.84 Å². The van der Waals surface area contributed by atoms with E-state index in [1.54, 1.807) is 12.1 Å². The Kier molecular flexibility index (Phi) is 3.10. The summed E-state index contributed by atoms with van der Waals surface area (Å²) < 4.78 is 5.47. The van der Waals surface area contributed by atoms with Crippen LogP contribution < -0.4 is 5.32 Å². The van der Waals surface area contributed by atoms with Gasteiger partial charge in [-0.25, -0.2) is 0 Å². The Morgan fingerprint density at radius 3 is 2.77 bits per heavy atom. The molecule has 0 radical (unpaired) electrons. The minimum atomic E-state index is -0.0648. The van der Waals surface area contributed by atoms with Gasteiger partial charge in [-0.05, 0) is 6.07 Å². The maximum absolute atomic E-state index is 12.9. The van der Waals surface area contributed by atoms with E-state index in [4.69, 9.17) is 27.7 Å². The van der Waals surface area contributed by atoms with Crippen LogP contribution in [0.15, 0.2) is 34.9 Å². The largest absolute Gasteiger partial charge is 0.383 e. The van der Waals surface area contributed by atoms with Crippen molar-refractivity contribution in [2.75, 3.05) is 17.7 Å². The minimum Gasteiger partial charge on any atom is -0.383 e. The van der Waals surface area contributed by atoms with Gasteiger partial charge in [0.1, 0.15) is 5.52 Å². The first-order valence-corrected chi connectivity index (χ1v) is 7.69. The summed E-state index contributed by atoms with van der Waals surface area (Å²) in [4.78, 5) is 12.9. The number of rotatable bonds is 3. The lowest BCUT2D eigenvalue weighted by molar-refractivity contribution is 0.104. The molecule has 22 heavy (non-hydrogen) atoms. The predicted octanol–water partition coefficient (Wildman–Crippen LogP) is 4.34. The van der Waals surface area contributed by atoms with Gasteiger partial charge in [-0.3, -0.25) is 4.79 Å². The molecule has 0 atom stereocenters. The van der Waals surface area contributed by atoms with Crippen molar-refractivity contribution in [1.82, 2.24) is 5.16 Å². The Morgan fingerprint density at radius 1 is 1.23 bits per heavy atom. The van der Waals surface area contributed by atoms with Crippen LogP contribution >= 0.6 is 23.2 Å². The van der Waals surface area contributed by atoms with E-state index in [1.807, 2.05) is 18.2 Å². The molecule has 3 aromatic rings. The number of nitrogens with zero attached hydrogens (tertiary/aromatic N) is 1. The number of fused-ring (bicyclic) bond motifs is 2. The molecule has 0 bridgehead atoms. The molecule has 1 heterocycles. The van der Waals surface area contributed by atoms with E-state index in [1.165, 1.54) is 0 Å². The number of carbonyl (C=O) groups excluding carboxylic acids is 1. The maximum atomic E-state index is 12.9. The average Bonchev–Trinajstić information content (AvgIpc) is 2.98. The quantitative estimate of drug-likeness (QED) is 0.567. The second kappa shape index (κ2) is 5.00. The van der Waals surface area contributed by atoms with E-state index in [9.17, 15) is 4.79 Å². The van der Waals surface area contributed by atoms with Crippen molar-refractivity contribution in [3.8, 4) is 11.3 Å². The summed E-state index contributed by atoms with van der Waals surface area (Å²) in [5.41, 5.74) is 3.05. The zero-order chi connectivity index (χ0) is 15.3. The maximum Gasteiger partial charge on any atom is 0.196 e. The van der Waals surface area contributed by atoms with E-state index in [0.29, 0.717) is 50.9 Å². The van der Waals surface area contributed by atoms with E-state index in [-0.39, 0.29) is 5.78 Å². The molecule has 4 rings (SSSR count). The fourth-order valence-electron chi connectivity index (χ4n) is 2.84. The highest BCUT2D eigenvalue weighted by Crippen LogP contribution is 2.44. The minimum absolute atomic E-state index is 0.0648. The van der Waals surface area contributed by atoms with Gasteiger partial charge >= 0.3 is 0 Å². The van der Waals surface area contributed by atoms with Crippen LogP contribution in [0.4, 0.5) is 5.69 Å². The number of halogens is 2. The van der Waals surface area contributed by atoms with Gasteiger partial charge in [0.2, 0.25) is 0 Å². The van der Waals surface area contributed by atoms with Crippen molar-refractivity contribution in [2.24, 2.45) is 0 Å².